The standard InChI is InChI=1S/C32H44/c1-8-20-32(10-3,21-11-12-26(6)9-2)22-19-29-17-18-30(31(24-29)25(4)5)23-28-15-13-27(7)14-16-28/h9,13-18,24H,2,4,6,8,10-12,19-23H2,1,3,5,7H3. The molecule has 0 heterocycles. The summed E-state index contributed by atoms with van der Waals surface area (Å²) in [6.45, 7) is 21.2. The SMILES string of the molecule is C=CC(=C)CCCC(CC)(CCC)CCc1ccc(Cc2ccc(C)cc2)c(C(=C)C)c1. The molecule has 32 heavy (non-hydrogen) atoms. The average molecular weight is 429 g/mol. The molecule has 0 aromatic heterocycles. The van der Waals surface area contributed by atoms with E-state index in [0.29, 0.717) is 5.41 Å². The van der Waals surface area contributed by atoms with Crippen molar-refractivity contribution in [2.24, 2.45) is 5.41 Å². The van der Waals surface area contributed by atoms with Crippen LogP contribution in [0.4, 0.5) is 0 Å². The molecule has 0 aliphatic heterocycles. The fourth-order valence-corrected chi connectivity index (χ4v) is 4.89. The van der Waals surface area contributed by atoms with E-state index in [2.05, 4.69) is 89.9 Å². The molecule has 0 amide bonds. The molecule has 1 unspecified atom stereocenters. The molecule has 1 atom stereocenters. The Morgan fingerprint density at radius 2 is 1.62 bits per heavy atom. The van der Waals surface area contributed by atoms with E-state index in [1.807, 2.05) is 6.08 Å². The van der Waals surface area contributed by atoms with Gasteiger partial charge in [-0.1, -0.05) is 112 Å². The highest BCUT2D eigenvalue weighted by atomic mass is 14.3. The van der Waals surface area contributed by atoms with Crippen LogP contribution in [0.3, 0.4) is 0 Å². The summed E-state index contributed by atoms with van der Waals surface area (Å²) in [5.41, 5.74) is 9.57. The van der Waals surface area contributed by atoms with Gasteiger partial charge in [-0.25, -0.2) is 0 Å². The van der Waals surface area contributed by atoms with Crippen LogP contribution in [-0.4, -0.2) is 0 Å². The number of allylic oxidation sites excluding steroid dienone is 3. The highest BCUT2D eigenvalue weighted by molar-refractivity contribution is 5.66. The summed E-state index contributed by atoms with van der Waals surface area (Å²) < 4.78 is 0. The van der Waals surface area contributed by atoms with Crippen molar-refractivity contribution in [3.63, 3.8) is 0 Å². The van der Waals surface area contributed by atoms with Crippen molar-refractivity contribution < 1.29 is 0 Å². The maximum Gasteiger partial charge on any atom is -0.00197 e. The van der Waals surface area contributed by atoms with Gasteiger partial charge in [-0.3, -0.25) is 0 Å². The Hall–Kier alpha value is -2.34. The lowest BCUT2D eigenvalue weighted by Gasteiger charge is -2.33. The van der Waals surface area contributed by atoms with Crippen LogP contribution in [0.25, 0.3) is 5.57 Å². The van der Waals surface area contributed by atoms with E-state index < -0.39 is 0 Å². The number of hydrogen-bond donors (Lipinski definition) is 0. The van der Waals surface area contributed by atoms with Crippen LogP contribution < -0.4 is 0 Å². The molecule has 0 radical (unpaired) electrons. The van der Waals surface area contributed by atoms with Gasteiger partial charge < -0.3 is 0 Å². The lowest BCUT2D eigenvalue weighted by atomic mass is 9.72. The Bertz CT molecular complexity index is 896. The monoisotopic (exact) mass is 428 g/mol. The lowest BCUT2D eigenvalue weighted by Crippen LogP contribution is -2.21. The first kappa shape index (κ1) is 25.9. The Kier molecular flexibility index (Phi) is 10.2. The highest BCUT2D eigenvalue weighted by Crippen LogP contribution is 2.39. The second-order valence-electron chi connectivity index (χ2n) is 9.75. The topological polar surface area (TPSA) is 0 Å². The molecule has 0 aliphatic rings. The van der Waals surface area contributed by atoms with E-state index in [0.717, 1.165) is 24.8 Å². The summed E-state index contributed by atoms with van der Waals surface area (Å²) in [5.74, 6) is 0. The first-order valence-corrected chi connectivity index (χ1v) is 12.5. The predicted molar refractivity (Wildman–Crippen MR) is 144 cm³/mol. The maximum absolute atomic E-state index is 4.29. The molecule has 2 rings (SSSR count). The van der Waals surface area contributed by atoms with Crippen LogP contribution in [0.15, 0.2) is 73.9 Å². The van der Waals surface area contributed by atoms with Gasteiger partial charge in [0.25, 0.3) is 0 Å². The van der Waals surface area contributed by atoms with Gasteiger partial charge in [0.2, 0.25) is 0 Å². The van der Waals surface area contributed by atoms with Gasteiger partial charge in [-0.2, -0.15) is 0 Å². The summed E-state index contributed by atoms with van der Waals surface area (Å²) in [7, 11) is 0. The van der Waals surface area contributed by atoms with Crippen LogP contribution in [0.2, 0.25) is 0 Å². The van der Waals surface area contributed by atoms with Crippen LogP contribution in [-0.2, 0) is 12.8 Å². The van der Waals surface area contributed by atoms with Crippen molar-refractivity contribution in [2.75, 3.05) is 0 Å². The first-order chi connectivity index (χ1) is 15.3. The van der Waals surface area contributed by atoms with Crippen LogP contribution in [0, 0.1) is 12.3 Å². The second kappa shape index (κ2) is 12.6. The van der Waals surface area contributed by atoms with E-state index in [-0.39, 0.29) is 0 Å². The summed E-state index contributed by atoms with van der Waals surface area (Å²) in [6.07, 6.45) is 12.6. The van der Waals surface area contributed by atoms with Crippen molar-refractivity contribution in [2.45, 2.75) is 85.5 Å². The molecule has 0 heteroatoms. The minimum absolute atomic E-state index is 0.431. The second-order valence-corrected chi connectivity index (χ2v) is 9.75. The van der Waals surface area contributed by atoms with Crippen LogP contribution in [0.5, 0.6) is 0 Å². The number of aryl methyl sites for hydroxylation is 2. The molecule has 0 aliphatic carbocycles. The maximum atomic E-state index is 4.29. The number of rotatable bonds is 14. The van der Waals surface area contributed by atoms with Crippen molar-refractivity contribution in [3.05, 3.63) is 102 Å². The van der Waals surface area contributed by atoms with Gasteiger partial charge in [-0.15, -0.1) is 0 Å². The number of benzene rings is 2. The third-order valence-corrected chi connectivity index (χ3v) is 7.12. The van der Waals surface area contributed by atoms with Gasteiger partial charge >= 0.3 is 0 Å². The van der Waals surface area contributed by atoms with E-state index in [9.17, 15) is 0 Å². The largest absolute Gasteiger partial charge is 0.0988 e. The van der Waals surface area contributed by atoms with Crippen molar-refractivity contribution in [3.8, 4) is 0 Å². The first-order valence-electron chi connectivity index (χ1n) is 12.5. The zero-order valence-corrected chi connectivity index (χ0v) is 21.1. The molecule has 0 bridgehead atoms. The number of hydrogen-bond acceptors (Lipinski definition) is 0. The molecule has 2 aromatic carbocycles. The average Bonchev–Trinajstić information content (AvgIpc) is 2.79. The van der Waals surface area contributed by atoms with E-state index in [4.69, 9.17) is 0 Å². The van der Waals surface area contributed by atoms with Gasteiger partial charge in [0.15, 0.2) is 0 Å². The molecular formula is C32H44. The molecular weight excluding hydrogens is 384 g/mol. The summed E-state index contributed by atoms with van der Waals surface area (Å²) in [4.78, 5) is 0. The van der Waals surface area contributed by atoms with Gasteiger partial charge in [0.1, 0.15) is 0 Å². The summed E-state index contributed by atoms with van der Waals surface area (Å²) in [6, 6.07) is 16.0. The zero-order chi connectivity index (χ0) is 23.6. The minimum atomic E-state index is 0.431. The van der Waals surface area contributed by atoms with E-state index >= 15 is 0 Å². The van der Waals surface area contributed by atoms with E-state index in [1.165, 1.54) is 71.9 Å². The molecule has 172 valence electrons. The fraction of sp³-hybridized carbons (Fsp3) is 0.438. The molecule has 0 saturated heterocycles. The van der Waals surface area contributed by atoms with Crippen LogP contribution in [0.1, 0.15) is 93.5 Å². The summed E-state index contributed by atoms with van der Waals surface area (Å²) in [5, 5.41) is 0. The quantitative estimate of drug-likeness (QED) is 0.263. The molecule has 0 fully saturated rings. The molecule has 0 nitrogen and oxygen atoms in total. The van der Waals surface area contributed by atoms with Gasteiger partial charge in [0, 0.05) is 0 Å². The Labute approximate surface area is 198 Å². The third-order valence-electron chi connectivity index (χ3n) is 7.12. The fourth-order valence-electron chi connectivity index (χ4n) is 4.89. The Morgan fingerprint density at radius 3 is 2.22 bits per heavy atom. The third kappa shape index (κ3) is 7.66. The molecule has 0 N–H and O–H groups in total. The normalized spacial score (nSPS) is 12.9. The molecule has 0 saturated carbocycles. The van der Waals surface area contributed by atoms with Crippen LogP contribution >= 0.6 is 0 Å². The lowest BCUT2D eigenvalue weighted by molar-refractivity contribution is 0.201. The zero-order valence-electron chi connectivity index (χ0n) is 21.1. The predicted octanol–water partition coefficient (Wildman–Crippen LogP) is 9.66. The molecule has 0 spiro atoms. The van der Waals surface area contributed by atoms with Gasteiger partial charge in [-0.05, 0) is 86.5 Å². The molecule has 2 aromatic rings. The smallest absolute Gasteiger partial charge is 0.00197 e. The Morgan fingerprint density at radius 1 is 0.938 bits per heavy atom. The summed E-state index contributed by atoms with van der Waals surface area (Å²) >= 11 is 0. The van der Waals surface area contributed by atoms with Crippen molar-refractivity contribution in [1.82, 2.24) is 0 Å². The minimum Gasteiger partial charge on any atom is -0.0988 e. The van der Waals surface area contributed by atoms with Crippen molar-refractivity contribution >= 4 is 5.57 Å². The van der Waals surface area contributed by atoms with E-state index in [1.54, 1.807) is 0 Å². The highest BCUT2D eigenvalue weighted by Gasteiger charge is 2.26. The van der Waals surface area contributed by atoms with Crippen molar-refractivity contribution in [1.29, 1.82) is 0 Å². The van der Waals surface area contributed by atoms with Gasteiger partial charge in [0.05, 0.1) is 0 Å². The Balaban J connectivity index is 2.14.